The van der Waals surface area contributed by atoms with Gasteiger partial charge in [0.2, 0.25) is 5.91 Å². The Balaban J connectivity index is 1.78. The van der Waals surface area contributed by atoms with E-state index in [1.807, 2.05) is 0 Å². The maximum absolute atomic E-state index is 12.9. The normalized spacial score (nSPS) is 13.7. The number of rotatable bonds is 6. The van der Waals surface area contributed by atoms with E-state index in [9.17, 15) is 14.0 Å². The van der Waals surface area contributed by atoms with Crippen molar-refractivity contribution in [1.29, 1.82) is 0 Å². The van der Waals surface area contributed by atoms with Crippen molar-refractivity contribution in [3.63, 3.8) is 0 Å². The number of amides is 2. The molecule has 0 unspecified atom stereocenters. The van der Waals surface area contributed by atoms with E-state index >= 15 is 0 Å². The first kappa shape index (κ1) is 15.6. The predicted octanol–water partition coefficient (Wildman–Crippen LogP) is 1.59. The fourth-order valence-corrected chi connectivity index (χ4v) is 1.87. The summed E-state index contributed by atoms with van der Waals surface area (Å²) in [5, 5.41) is 2.89. The molecular formula is C14H16ClFN2O3. The lowest BCUT2D eigenvalue weighted by molar-refractivity contribution is -0.136. The molecule has 5 nitrogen and oxygen atoms in total. The highest BCUT2D eigenvalue weighted by molar-refractivity contribution is 6.32. The summed E-state index contributed by atoms with van der Waals surface area (Å²) >= 11 is 5.79. The van der Waals surface area contributed by atoms with Gasteiger partial charge in [0.05, 0.1) is 11.6 Å². The molecule has 0 atom stereocenters. The first-order valence-corrected chi connectivity index (χ1v) is 6.94. The summed E-state index contributed by atoms with van der Waals surface area (Å²) in [6.45, 7) is -0.283. The van der Waals surface area contributed by atoms with E-state index in [4.69, 9.17) is 16.3 Å². The molecule has 1 saturated carbocycles. The van der Waals surface area contributed by atoms with Gasteiger partial charge in [-0.15, -0.1) is 0 Å². The zero-order chi connectivity index (χ0) is 15.4. The fourth-order valence-electron chi connectivity index (χ4n) is 1.65. The number of likely N-dealkylation sites (N-methyl/N-ethyl adjacent to an activating group) is 1. The Bertz CT molecular complexity index is 549. The van der Waals surface area contributed by atoms with Crippen LogP contribution in [0.1, 0.15) is 12.8 Å². The average molecular weight is 315 g/mol. The minimum Gasteiger partial charge on any atom is -0.482 e. The van der Waals surface area contributed by atoms with Crippen LogP contribution in [0.4, 0.5) is 4.39 Å². The SMILES string of the molecule is CN(CC(=O)NC1CC1)C(=O)COc1ccc(F)cc1Cl. The largest absolute Gasteiger partial charge is 0.482 e. The second kappa shape index (κ2) is 6.76. The van der Waals surface area contributed by atoms with Gasteiger partial charge in [0.15, 0.2) is 6.61 Å². The average Bonchev–Trinajstić information content (AvgIpc) is 3.21. The molecule has 7 heteroatoms. The minimum absolute atomic E-state index is 0.0180. The molecule has 114 valence electrons. The van der Waals surface area contributed by atoms with E-state index in [0.717, 1.165) is 18.9 Å². The lowest BCUT2D eigenvalue weighted by Crippen LogP contribution is -2.40. The molecule has 0 aromatic heterocycles. The second-order valence-electron chi connectivity index (χ2n) is 4.96. The third-order valence-electron chi connectivity index (χ3n) is 2.99. The highest BCUT2D eigenvalue weighted by Crippen LogP contribution is 2.24. The van der Waals surface area contributed by atoms with Gasteiger partial charge in [-0.2, -0.15) is 0 Å². The van der Waals surface area contributed by atoms with Crippen molar-refractivity contribution in [3.05, 3.63) is 29.0 Å². The highest BCUT2D eigenvalue weighted by atomic mass is 35.5. The van der Waals surface area contributed by atoms with Crippen molar-refractivity contribution >= 4 is 23.4 Å². The summed E-state index contributed by atoms with van der Waals surface area (Å²) in [5.41, 5.74) is 0. The van der Waals surface area contributed by atoms with Crippen LogP contribution in [0.25, 0.3) is 0 Å². The van der Waals surface area contributed by atoms with E-state index in [0.29, 0.717) is 0 Å². The van der Waals surface area contributed by atoms with Gasteiger partial charge < -0.3 is 15.0 Å². The molecular weight excluding hydrogens is 299 g/mol. The van der Waals surface area contributed by atoms with Crippen LogP contribution in [-0.4, -0.2) is 43.0 Å². The van der Waals surface area contributed by atoms with Crippen LogP contribution in [0.2, 0.25) is 5.02 Å². The lowest BCUT2D eigenvalue weighted by Gasteiger charge is -2.17. The topological polar surface area (TPSA) is 58.6 Å². The Morgan fingerprint density at radius 2 is 2.19 bits per heavy atom. The van der Waals surface area contributed by atoms with Crippen LogP contribution in [0.3, 0.4) is 0 Å². The van der Waals surface area contributed by atoms with Gasteiger partial charge in [-0.05, 0) is 31.0 Å². The molecule has 0 heterocycles. The van der Waals surface area contributed by atoms with Crippen molar-refractivity contribution in [3.8, 4) is 5.75 Å². The van der Waals surface area contributed by atoms with Crippen molar-refractivity contribution in [2.75, 3.05) is 20.2 Å². The Kier molecular flexibility index (Phi) is 5.01. The summed E-state index contributed by atoms with van der Waals surface area (Å²) in [7, 11) is 1.52. The number of nitrogens with zero attached hydrogens (tertiary/aromatic N) is 1. The van der Waals surface area contributed by atoms with Gasteiger partial charge in [-0.1, -0.05) is 11.6 Å². The summed E-state index contributed by atoms with van der Waals surface area (Å²) in [6, 6.07) is 3.91. The number of benzene rings is 1. The van der Waals surface area contributed by atoms with E-state index < -0.39 is 5.82 Å². The molecule has 0 aliphatic heterocycles. The van der Waals surface area contributed by atoms with E-state index in [1.165, 1.54) is 24.1 Å². The zero-order valence-electron chi connectivity index (χ0n) is 11.6. The number of halogens is 2. The Morgan fingerprint density at radius 1 is 1.48 bits per heavy atom. The Morgan fingerprint density at radius 3 is 2.81 bits per heavy atom. The molecule has 1 N–H and O–H groups in total. The molecule has 21 heavy (non-hydrogen) atoms. The maximum Gasteiger partial charge on any atom is 0.260 e. The second-order valence-corrected chi connectivity index (χ2v) is 5.36. The van der Waals surface area contributed by atoms with Crippen LogP contribution in [0, 0.1) is 5.82 Å². The quantitative estimate of drug-likeness (QED) is 0.867. The van der Waals surface area contributed by atoms with Crippen molar-refractivity contribution < 1.29 is 18.7 Å². The van der Waals surface area contributed by atoms with Gasteiger partial charge in [0.25, 0.3) is 5.91 Å². The van der Waals surface area contributed by atoms with Crippen LogP contribution >= 0.6 is 11.6 Å². The lowest BCUT2D eigenvalue weighted by atomic mass is 10.3. The number of hydrogen-bond acceptors (Lipinski definition) is 3. The van der Waals surface area contributed by atoms with Gasteiger partial charge in [0.1, 0.15) is 11.6 Å². The molecule has 0 saturated heterocycles. The fraction of sp³-hybridized carbons (Fsp3) is 0.429. The molecule has 1 aliphatic carbocycles. The number of carbonyl (C=O) groups is 2. The van der Waals surface area contributed by atoms with Crippen LogP contribution < -0.4 is 10.1 Å². The predicted molar refractivity (Wildman–Crippen MR) is 75.7 cm³/mol. The molecule has 0 bridgehead atoms. The van der Waals surface area contributed by atoms with Crippen LogP contribution in [-0.2, 0) is 9.59 Å². The summed E-state index contributed by atoms with van der Waals surface area (Å²) in [6.07, 6.45) is 1.99. The smallest absolute Gasteiger partial charge is 0.260 e. The van der Waals surface area contributed by atoms with Crippen molar-refractivity contribution in [1.82, 2.24) is 10.2 Å². The molecule has 1 aromatic rings. The highest BCUT2D eigenvalue weighted by Gasteiger charge is 2.24. The number of ether oxygens (including phenoxy) is 1. The van der Waals surface area contributed by atoms with Gasteiger partial charge in [-0.25, -0.2) is 4.39 Å². The molecule has 2 rings (SSSR count). The van der Waals surface area contributed by atoms with E-state index in [2.05, 4.69) is 5.32 Å². The third-order valence-corrected chi connectivity index (χ3v) is 3.29. The van der Waals surface area contributed by atoms with Gasteiger partial charge >= 0.3 is 0 Å². The monoisotopic (exact) mass is 314 g/mol. The van der Waals surface area contributed by atoms with Gasteiger partial charge in [0, 0.05) is 13.1 Å². The third kappa shape index (κ3) is 4.90. The van der Waals surface area contributed by atoms with Gasteiger partial charge in [-0.3, -0.25) is 9.59 Å². The standard InChI is InChI=1S/C14H16ClFN2O3/c1-18(7-13(19)17-10-3-4-10)14(20)8-21-12-5-2-9(16)6-11(12)15/h2,5-6,10H,3-4,7-8H2,1H3,(H,17,19). The number of hydrogen-bond donors (Lipinski definition) is 1. The number of nitrogens with one attached hydrogen (secondary N) is 1. The zero-order valence-corrected chi connectivity index (χ0v) is 12.3. The summed E-state index contributed by atoms with van der Waals surface area (Å²) < 4.78 is 18.1. The Hall–Kier alpha value is -1.82. The molecule has 1 aromatic carbocycles. The first-order chi connectivity index (χ1) is 9.95. The van der Waals surface area contributed by atoms with Crippen molar-refractivity contribution in [2.24, 2.45) is 0 Å². The first-order valence-electron chi connectivity index (χ1n) is 6.57. The summed E-state index contributed by atoms with van der Waals surface area (Å²) in [4.78, 5) is 24.7. The van der Waals surface area contributed by atoms with Crippen LogP contribution in [0.5, 0.6) is 5.75 Å². The maximum atomic E-state index is 12.9. The Labute approximate surface area is 127 Å². The summed E-state index contributed by atoms with van der Waals surface area (Å²) in [5.74, 6) is -0.802. The molecule has 1 fully saturated rings. The van der Waals surface area contributed by atoms with Crippen LogP contribution in [0.15, 0.2) is 18.2 Å². The van der Waals surface area contributed by atoms with E-state index in [1.54, 1.807) is 0 Å². The molecule has 0 spiro atoms. The molecule has 2 amide bonds. The molecule has 0 radical (unpaired) electrons. The minimum atomic E-state index is -0.479. The van der Waals surface area contributed by atoms with Crippen molar-refractivity contribution in [2.45, 2.75) is 18.9 Å². The van der Waals surface area contributed by atoms with E-state index in [-0.39, 0.29) is 41.8 Å². The molecule has 1 aliphatic rings. The number of carbonyl (C=O) groups excluding carboxylic acids is 2.